The van der Waals surface area contributed by atoms with Gasteiger partial charge in [0.05, 0.1) is 13.2 Å². The van der Waals surface area contributed by atoms with Crippen LogP contribution >= 0.6 is 0 Å². The Morgan fingerprint density at radius 3 is 2.65 bits per heavy atom. The molecule has 1 N–H and O–H groups in total. The fourth-order valence-corrected chi connectivity index (χ4v) is 4.33. The van der Waals surface area contributed by atoms with Crippen molar-refractivity contribution in [3.63, 3.8) is 0 Å². The van der Waals surface area contributed by atoms with Gasteiger partial charge < -0.3 is 14.6 Å². The summed E-state index contributed by atoms with van der Waals surface area (Å²) in [4.78, 5) is 0. The summed E-state index contributed by atoms with van der Waals surface area (Å²) in [6.07, 6.45) is 6.19. The van der Waals surface area contributed by atoms with Crippen molar-refractivity contribution in [2.45, 2.75) is 55.8 Å². The zero-order valence-corrected chi connectivity index (χ0v) is 11.8. The van der Waals surface area contributed by atoms with Crippen molar-refractivity contribution in [2.75, 3.05) is 13.2 Å². The zero-order chi connectivity index (χ0) is 13.6. The molecule has 1 aromatic carbocycles. The van der Waals surface area contributed by atoms with E-state index < -0.39 is 11.4 Å². The zero-order valence-electron chi connectivity index (χ0n) is 11.8. The molecule has 0 unspecified atom stereocenters. The van der Waals surface area contributed by atoms with Crippen molar-refractivity contribution in [1.29, 1.82) is 0 Å². The molecule has 2 aliphatic carbocycles. The highest BCUT2D eigenvalue weighted by Gasteiger charge is 2.65. The molecule has 3 nitrogen and oxygen atoms in total. The molecule has 1 saturated heterocycles. The summed E-state index contributed by atoms with van der Waals surface area (Å²) in [5, 5.41) is 11.5. The van der Waals surface area contributed by atoms with Gasteiger partial charge in [0.2, 0.25) is 5.79 Å². The Hall–Kier alpha value is -0.900. The molecule has 0 bridgehead atoms. The predicted molar refractivity (Wildman–Crippen MR) is 75.4 cm³/mol. The highest BCUT2D eigenvalue weighted by Crippen LogP contribution is 2.61. The van der Waals surface area contributed by atoms with Crippen molar-refractivity contribution in [3.05, 3.63) is 35.4 Å². The van der Waals surface area contributed by atoms with E-state index in [0.717, 1.165) is 31.2 Å². The van der Waals surface area contributed by atoms with E-state index in [0.29, 0.717) is 13.2 Å². The molecule has 2 atom stereocenters. The minimum atomic E-state index is -0.954. The second-order valence-electron chi connectivity index (χ2n) is 6.31. The minimum Gasteiger partial charge on any atom is -0.379 e. The fourth-order valence-electron chi connectivity index (χ4n) is 4.33. The van der Waals surface area contributed by atoms with Crippen molar-refractivity contribution in [2.24, 2.45) is 0 Å². The van der Waals surface area contributed by atoms with Gasteiger partial charge in [-0.25, -0.2) is 0 Å². The van der Waals surface area contributed by atoms with Crippen molar-refractivity contribution in [1.82, 2.24) is 0 Å². The standard InChI is InChI=1S/C17H22O3/c18-17-14(13-7-3-4-9-15(13)17)8-2-1-5-10-16(17)19-11-6-12-20-16/h3-4,7,9,14,18H,1-2,5-6,8,10-12H2/t14-,17+/m0/s1. The van der Waals surface area contributed by atoms with E-state index in [2.05, 4.69) is 12.1 Å². The number of hydrogen-bond acceptors (Lipinski definition) is 3. The van der Waals surface area contributed by atoms with Gasteiger partial charge in [-0.3, -0.25) is 0 Å². The average molecular weight is 274 g/mol. The molecule has 0 amide bonds. The number of aliphatic hydroxyl groups is 1. The van der Waals surface area contributed by atoms with Crippen LogP contribution in [-0.4, -0.2) is 24.1 Å². The predicted octanol–water partition coefficient (Wildman–Crippen LogP) is 3.07. The number of benzene rings is 1. The third-order valence-electron chi connectivity index (χ3n) is 5.29. The van der Waals surface area contributed by atoms with E-state index in [1.807, 2.05) is 12.1 Å². The van der Waals surface area contributed by atoms with E-state index in [4.69, 9.17) is 9.47 Å². The summed E-state index contributed by atoms with van der Waals surface area (Å²) in [5.74, 6) is -0.651. The summed E-state index contributed by atoms with van der Waals surface area (Å²) >= 11 is 0. The van der Waals surface area contributed by atoms with Crippen LogP contribution in [0.25, 0.3) is 0 Å². The first-order chi connectivity index (χ1) is 9.78. The van der Waals surface area contributed by atoms with Gasteiger partial charge in [-0.2, -0.15) is 0 Å². The molecule has 2 fully saturated rings. The summed E-state index contributed by atoms with van der Waals surface area (Å²) in [6.45, 7) is 1.38. The Bertz CT molecular complexity index is 507. The highest BCUT2D eigenvalue weighted by atomic mass is 16.7. The highest BCUT2D eigenvalue weighted by molar-refractivity contribution is 5.50. The lowest BCUT2D eigenvalue weighted by atomic mass is 9.57. The van der Waals surface area contributed by atoms with Crippen LogP contribution in [0.1, 0.15) is 55.6 Å². The molecule has 3 heteroatoms. The second kappa shape index (κ2) is 4.55. The molecule has 0 aromatic heterocycles. The molecule has 1 spiro atoms. The minimum absolute atomic E-state index is 0.164. The van der Waals surface area contributed by atoms with Crippen LogP contribution in [0.4, 0.5) is 0 Å². The molecular formula is C17H22O3. The van der Waals surface area contributed by atoms with Crippen molar-refractivity contribution >= 4 is 0 Å². The summed E-state index contributed by atoms with van der Waals surface area (Å²) in [6, 6.07) is 8.25. The summed E-state index contributed by atoms with van der Waals surface area (Å²) in [5.41, 5.74) is 1.35. The van der Waals surface area contributed by atoms with E-state index in [1.54, 1.807) is 0 Å². The number of fused-ring (bicyclic) bond motifs is 5. The van der Waals surface area contributed by atoms with Crippen LogP contribution in [0.3, 0.4) is 0 Å². The second-order valence-corrected chi connectivity index (χ2v) is 6.31. The molecule has 1 saturated carbocycles. The van der Waals surface area contributed by atoms with Crippen LogP contribution in [0, 0.1) is 0 Å². The van der Waals surface area contributed by atoms with E-state index in [1.165, 1.54) is 18.4 Å². The Balaban J connectivity index is 1.82. The third-order valence-corrected chi connectivity index (χ3v) is 5.29. The maximum atomic E-state index is 11.5. The molecule has 0 radical (unpaired) electrons. The van der Waals surface area contributed by atoms with Crippen LogP contribution in [0.15, 0.2) is 24.3 Å². The maximum absolute atomic E-state index is 11.5. The first-order valence-electron chi connectivity index (χ1n) is 7.88. The number of rotatable bonds is 0. The Kier molecular flexibility index (Phi) is 2.92. The Morgan fingerprint density at radius 1 is 1.00 bits per heavy atom. The summed E-state index contributed by atoms with van der Waals surface area (Å²) < 4.78 is 12.1. The monoisotopic (exact) mass is 274 g/mol. The van der Waals surface area contributed by atoms with Crippen LogP contribution in [0.5, 0.6) is 0 Å². The van der Waals surface area contributed by atoms with Crippen molar-refractivity contribution in [3.8, 4) is 0 Å². The quantitative estimate of drug-likeness (QED) is 0.790. The fraction of sp³-hybridized carbons (Fsp3) is 0.647. The molecule has 1 aliphatic heterocycles. The normalized spacial score (nSPS) is 35.4. The van der Waals surface area contributed by atoms with Crippen LogP contribution in [0.2, 0.25) is 0 Å². The van der Waals surface area contributed by atoms with Gasteiger partial charge in [0.1, 0.15) is 0 Å². The van der Waals surface area contributed by atoms with Gasteiger partial charge in [-0.1, -0.05) is 37.1 Å². The lowest BCUT2D eigenvalue weighted by Crippen LogP contribution is -2.65. The van der Waals surface area contributed by atoms with Gasteiger partial charge in [-0.05, 0) is 30.4 Å². The molecule has 1 aromatic rings. The lowest BCUT2D eigenvalue weighted by molar-refractivity contribution is -0.365. The smallest absolute Gasteiger partial charge is 0.202 e. The average Bonchev–Trinajstić information content (AvgIpc) is 2.49. The van der Waals surface area contributed by atoms with Gasteiger partial charge in [0, 0.05) is 12.3 Å². The van der Waals surface area contributed by atoms with E-state index >= 15 is 0 Å². The number of ether oxygens (including phenoxy) is 2. The van der Waals surface area contributed by atoms with Gasteiger partial charge in [0.25, 0.3) is 0 Å². The SMILES string of the molecule is O[C@@]12c3ccccc3[C@@H]1CCCCCC21OCCCO1. The Labute approximate surface area is 119 Å². The van der Waals surface area contributed by atoms with Gasteiger partial charge in [0.15, 0.2) is 5.60 Å². The molecule has 20 heavy (non-hydrogen) atoms. The lowest BCUT2D eigenvalue weighted by Gasteiger charge is -2.59. The topological polar surface area (TPSA) is 38.7 Å². The third kappa shape index (κ3) is 1.51. The molecule has 108 valence electrons. The molecule has 1 heterocycles. The van der Waals surface area contributed by atoms with Crippen LogP contribution in [-0.2, 0) is 15.1 Å². The van der Waals surface area contributed by atoms with Gasteiger partial charge >= 0.3 is 0 Å². The molecule has 3 aliphatic rings. The largest absolute Gasteiger partial charge is 0.379 e. The molecular weight excluding hydrogens is 252 g/mol. The summed E-state index contributed by atoms with van der Waals surface area (Å²) in [7, 11) is 0. The van der Waals surface area contributed by atoms with E-state index in [-0.39, 0.29) is 5.92 Å². The van der Waals surface area contributed by atoms with Crippen molar-refractivity contribution < 1.29 is 14.6 Å². The first kappa shape index (κ1) is 12.8. The Morgan fingerprint density at radius 2 is 1.80 bits per heavy atom. The number of hydrogen-bond donors (Lipinski definition) is 1. The van der Waals surface area contributed by atoms with Gasteiger partial charge in [-0.15, -0.1) is 0 Å². The van der Waals surface area contributed by atoms with Crippen LogP contribution < -0.4 is 0 Å². The molecule has 4 rings (SSSR count). The van der Waals surface area contributed by atoms with E-state index in [9.17, 15) is 5.11 Å². The first-order valence-corrected chi connectivity index (χ1v) is 7.88. The maximum Gasteiger partial charge on any atom is 0.202 e.